The zero-order chi connectivity index (χ0) is 25.0. The van der Waals surface area contributed by atoms with E-state index in [1.165, 1.54) is 20.6 Å². The Kier molecular flexibility index (Phi) is 4.35. The Balaban J connectivity index is 1.33. The minimum atomic E-state index is -1.22. The Hall–Kier alpha value is -3.31. The van der Waals surface area contributed by atoms with E-state index in [-0.39, 0.29) is 36.7 Å². The van der Waals surface area contributed by atoms with Crippen molar-refractivity contribution in [3.05, 3.63) is 68.4 Å². The van der Waals surface area contributed by atoms with Crippen molar-refractivity contribution in [2.75, 3.05) is 0 Å². The van der Waals surface area contributed by atoms with Crippen LogP contribution in [0.1, 0.15) is 30.9 Å². The first-order valence-corrected chi connectivity index (χ1v) is 12.7. The summed E-state index contributed by atoms with van der Waals surface area (Å²) in [6.45, 7) is 1.84. The highest BCUT2D eigenvalue weighted by atomic mass is 35.5. The second-order valence-corrected chi connectivity index (χ2v) is 10.9. The number of halogens is 1. The molecule has 5 heterocycles. The van der Waals surface area contributed by atoms with E-state index in [0.717, 1.165) is 10.2 Å². The topological polar surface area (TPSA) is 123 Å². The standard InChI is InChI=1S/C25H20ClN3O6S/c1-24-18(30)10-25(35-24,6-7-28-21(31)14-8-12(26)2-5-16(14)34-28)20-19(24)22(32)29(23(20)33)13-3-4-15-17(9-13)36-11-27-15/h2-5,8-9,11,18,30,32-33H,6-7,10H2,1H3/t18-,24-,25+/m1/s1. The highest BCUT2D eigenvalue weighted by Crippen LogP contribution is 2.65. The number of nitrogens with zero attached hydrogens (tertiary/aromatic N) is 3. The monoisotopic (exact) mass is 525 g/mol. The maximum atomic E-state index is 12.9. The number of ether oxygens (including phenoxy) is 1. The molecule has 1 fully saturated rings. The number of thiazole rings is 1. The second kappa shape index (κ2) is 7.13. The number of aryl methyl sites for hydroxylation is 1. The quantitative estimate of drug-likeness (QED) is 0.318. The summed E-state index contributed by atoms with van der Waals surface area (Å²) in [6.07, 6.45) is -0.492. The zero-order valence-electron chi connectivity index (χ0n) is 18.9. The second-order valence-electron chi connectivity index (χ2n) is 9.55. The number of hydrogen-bond donors (Lipinski definition) is 3. The van der Waals surface area contributed by atoms with Crippen LogP contribution in [0.3, 0.4) is 0 Å². The molecule has 5 aromatic rings. The van der Waals surface area contributed by atoms with Crippen LogP contribution in [0, 0.1) is 0 Å². The molecule has 7 rings (SSSR count). The summed E-state index contributed by atoms with van der Waals surface area (Å²) in [6, 6.07) is 10.3. The summed E-state index contributed by atoms with van der Waals surface area (Å²) < 4.78 is 15.6. The van der Waals surface area contributed by atoms with Crippen LogP contribution in [0.15, 0.2) is 51.2 Å². The van der Waals surface area contributed by atoms with Gasteiger partial charge in [0.15, 0.2) is 5.58 Å². The predicted octanol–water partition coefficient (Wildman–Crippen LogP) is 4.36. The maximum absolute atomic E-state index is 12.9. The molecule has 0 saturated carbocycles. The molecule has 0 aliphatic carbocycles. The lowest BCUT2D eigenvalue weighted by molar-refractivity contribution is -0.107. The van der Waals surface area contributed by atoms with Crippen molar-refractivity contribution >= 4 is 44.1 Å². The Labute approximate surface area is 212 Å². The molecule has 36 heavy (non-hydrogen) atoms. The van der Waals surface area contributed by atoms with E-state index in [0.29, 0.717) is 32.8 Å². The Morgan fingerprint density at radius 3 is 2.83 bits per heavy atom. The van der Waals surface area contributed by atoms with Gasteiger partial charge in [0.2, 0.25) is 11.8 Å². The van der Waals surface area contributed by atoms with Gasteiger partial charge in [-0.1, -0.05) is 11.6 Å². The molecule has 2 aliphatic heterocycles. The molecule has 3 N–H and O–H groups in total. The summed E-state index contributed by atoms with van der Waals surface area (Å²) in [7, 11) is 0. The molecular weight excluding hydrogens is 506 g/mol. The average molecular weight is 526 g/mol. The molecule has 184 valence electrons. The van der Waals surface area contributed by atoms with Crippen LogP contribution < -0.4 is 5.56 Å². The summed E-state index contributed by atoms with van der Waals surface area (Å²) in [5.74, 6) is -0.351. The molecule has 0 spiro atoms. The van der Waals surface area contributed by atoms with Gasteiger partial charge in [0.25, 0.3) is 5.56 Å². The van der Waals surface area contributed by atoms with Gasteiger partial charge in [-0.3, -0.25) is 9.36 Å². The number of fused-ring (bicyclic) bond motifs is 7. The van der Waals surface area contributed by atoms with Crippen molar-refractivity contribution in [3.8, 4) is 17.4 Å². The van der Waals surface area contributed by atoms with Crippen LogP contribution in [0.25, 0.3) is 26.9 Å². The van der Waals surface area contributed by atoms with Crippen LogP contribution in [0.2, 0.25) is 5.02 Å². The molecule has 11 heteroatoms. The van der Waals surface area contributed by atoms with Crippen LogP contribution >= 0.6 is 22.9 Å². The van der Waals surface area contributed by atoms with E-state index >= 15 is 0 Å². The first kappa shape index (κ1) is 21.9. The van der Waals surface area contributed by atoms with Crippen molar-refractivity contribution in [2.45, 2.75) is 43.6 Å². The molecule has 2 bridgehead atoms. The third kappa shape index (κ3) is 2.72. The van der Waals surface area contributed by atoms with E-state index in [2.05, 4.69) is 4.98 Å². The van der Waals surface area contributed by atoms with Gasteiger partial charge >= 0.3 is 0 Å². The summed E-state index contributed by atoms with van der Waals surface area (Å²) >= 11 is 7.49. The first-order valence-electron chi connectivity index (χ1n) is 11.4. The Bertz CT molecular complexity index is 1770. The van der Waals surface area contributed by atoms with Gasteiger partial charge in [0.05, 0.1) is 50.6 Å². The normalized spacial score (nSPS) is 24.8. The highest BCUT2D eigenvalue weighted by molar-refractivity contribution is 7.16. The zero-order valence-corrected chi connectivity index (χ0v) is 20.5. The van der Waals surface area contributed by atoms with Gasteiger partial charge in [-0.15, -0.1) is 11.3 Å². The molecule has 3 atom stereocenters. The molecule has 9 nitrogen and oxygen atoms in total. The molecule has 1 saturated heterocycles. The van der Waals surface area contributed by atoms with Crippen LogP contribution in [0.5, 0.6) is 11.8 Å². The van der Waals surface area contributed by atoms with E-state index < -0.39 is 17.3 Å². The van der Waals surface area contributed by atoms with E-state index in [1.807, 2.05) is 12.1 Å². The lowest BCUT2D eigenvalue weighted by Gasteiger charge is -2.26. The fraction of sp³-hybridized carbons (Fsp3) is 0.280. The van der Waals surface area contributed by atoms with E-state index in [4.69, 9.17) is 20.9 Å². The number of rotatable bonds is 4. The molecule has 2 aliphatic rings. The number of aromatic nitrogens is 3. The van der Waals surface area contributed by atoms with Gasteiger partial charge in [-0.05, 0) is 43.3 Å². The lowest BCUT2D eigenvalue weighted by atomic mass is 9.76. The van der Waals surface area contributed by atoms with Gasteiger partial charge < -0.3 is 24.6 Å². The minimum Gasteiger partial charge on any atom is -0.494 e. The maximum Gasteiger partial charge on any atom is 0.290 e. The summed E-state index contributed by atoms with van der Waals surface area (Å²) in [5, 5.41) is 34.5. The van der Waals surface area contributed by atoms with Crippen LogP contribution in [-0.2, 0) is 22.5 Å². The third-order valence-corrected chi connectivity index (χ3v) is 8.56. The largest absolute Gasteiger partial charge is 0.494 e. The predicted molar refractivity (Wildman–Crippen MR) is 133 cm³/mol. The summed E-state index contributed by atoms with van der Waals surface area (Å²) in [4.78, 5) is 17.2. The average Bonchev–Trinajstić information content (AvgIpc) is 3.60. The molecule has 0 amide bonds. The fourth-order valence-corrected chi connectivity index (χ4v) is 6.70. The first-order chi connectivity index (χ1) is 17.2. The van der Waals surface area contributed by atoms with Gasteiger partial charge in [-0.2, -0.15) is 4.74 Å². The number of benzene rings is 2. The third-order valence-electron chi connectivity index (χ3n) is 7.54. The van der Waals surface area contributed by atoms with E-state index in [1.54, 1.807) is 36.7 Å². The van der Waals surface area contributed by atoms with Gasteiger partial charge in [0, 0.05) is 17.9 Å². The molecule has 0 radical (unpaired) electrons. The number of aromatic hydroxyl groups is 2. The number of hydrogen-bond acceptors (Lipinski definition) is 8. The van der Waals surface area contributed by atoms with Crippen molar-refractivity contribution in [2.24, 2.45) is 0 Å². The van der Waals surface area contributed by atoms with Crippen molar-refractivity contribution in [3.63, 3.8) is 0 Å². The molecule has 3 aromatic heterocycles. The number of aliphatic hydroxyl groups excluding tert-OH is 1. The van der Waals surface area contributed by atoms with Crippen molar-refractivity contribution < 1.29 is 24.6 Å². The van der Waals surface area contributed by atoms with Gasteiger partial charge in [-0.25, -0.2) is 4.98 Å². The summed E-state index contributed by atoms with van der Waals surface area (Å²) in [5.41, 5.74) is 1.64. The number of aliphatic hydroxyl groups is 1. The van der Waals surface area contributed by atoms with Crippen LogP contribution in [0.4, 0.5) is 0 Å². The van der Waals surface area contributed by atoms with Gasteiger partial charge in [0.1, 0.15) is 11.2 Å². The van der Waals surface area contributed by atoms with Crippen molar-refractivity contribution in [1.82, 2.24) is 14.3 Å². The minimum absolute atomic E-state index is 0.131. The van der Waals surface area contributed by atoms with Crippen LogP contribution in [-0.4, -0.2) is 35.7 Å². The molecular formula is C25H20ClN3O6S. The molecule has 2 aromatic carbocycles. The van der Waals surface area contributed by atoms with E-state index in [9.17, 15) is 20.1 Å². The SMILES string of the molecule is C[C@@]12O[C@@](CCn3oc4ccc(Cl)cc4c3=O)(C[C@H]1O)c1c2c(O)n(-c2ccc3ncsc3c2)c1O. The highest BCUT2D eigenvalue weighted by Gasteiger charge is 2.66. The lowest BCUT2D eigenvalue weighted by Crippen LogP contribution is -2.33. The Morgan fingerprint density at radius 2 is 2.00 bits per heavy atom. The Morgan fingerprint density at radius 1 is 1.19 bits per heavy atom. The van der Waals surface area contributed by atoms with Crippen molar-refractivity contribution in [1.29, 1.82) is 0 Å². The fourth-order valence-electron chi connectivity index (χ4n) is 5.82. The smallest absolute Gasteiger partial charge is 0.290 e. The molecule has 0 unspecified atom stereocenters.